The number of aromatic nitrogens is 5. The SMILES string of the molecule is O=C(Cn1cnnn1)N1CCN(C(=O)c2cc(Cl)nc(Cl)c2)CC1. The van der Waals surface area contributed by atoms with Gasteiger partial charge in [-0.15, -0.1) is 5.10 Å². The summed E-state index contributed by atoms with van der Waals surface area (Å²) in [4.78, 5) is 31.8. The van der Waals surface area contributed by atoms with E-state index in [-0.39, 0.29) is 28.7 Å². The number of tetrazole rings is 1. The average Bonchev–Trinajstić information content (AvgIpc) is 3.06. The first-order valence-electron chi connectivity index (χ1n) is 7.14. The molecule has 2 aromatic rings. The molecule has 0 spiro atoms. The van der Waals surface area contributed by atoms with E-state index >= 15 is 0 Å². The van der Waals surface area contributed by atoms with Crippen LogP contribution in [-0.4, -0.2) is 73.0 Å². The zero-order chi connectivity index (χ0) is 17.1. The van der Waals surface area contributed by atoms with Crippen LogP contribution in [-0.2, 0) is 11.3 Å². The van der Waals surface area contributed by atoms with Crippen molar-refractivity contribution in [2.75, 3.05) is 26.2 Å². The molecule has 0 N–H and O–H groups in total. The number of halogens is 2. The summed E-state index contributed by atoms with van der Waals surface area (Å²) < 4.78 is 1.36. The molecule has 1 aliphatic heterocycles. The fraction of sp³-hybridized carbons (Fsp3) is 0.385. The van der Waals surface area contributed by atoms with Gasteiger partial charge in [-0.05, 0) is 22.6 Å². The molecule has 0 saturated carbocycles. The average molecular weight is 370 g/mol. The van der Waals surface area contributed by atoms with Crippen molar-refractivity contribution in [2.24, 2.45) is 0 Å². The molecule has 0 aromatic carbocycles. The van der Waals surface area contributed by atoms with Crippen LogP contribution in [0.3, 0.4) is 0 Å². The molecule has 0 radical (unpaired) electrons. The Morgan fingerprint density at radius 1 is 1.04 bits per heavy atom. The summed E-state index contributed by atoms with van der Waals surface area (Å²) in [7, 11) is 0. The quantitative estimate of drug-likeness (QED) is 0.724. The molecule has 3 heterocycles. The molecule has 2 amide bonds. The van der Waals surface area contributed by atoms with Gasteiger partial charge in [-0.25, -0.2) is 9.67 Å². The fourth-order valence-corrected chi connectivity index (χ4v) is 2.88. The summed E-state index contributed by atoms with van der Waals surface area (Å²) in [5, 5.41) is 11.0. The maximum Gasteiger partial charge on any atom is 0.254 e. The lowest BCUT2D eigenvalue weighted by atomic mass is 10.2. The second-order valence-electron chi connectivity index (χ2n) is 5.18. The topological polar surface area (TPSA) is 97.1 Å². The summed E-state index contributed by atoms with van der Waals surface area (Å²) in [5.41, 5.74) is 0.383. The number of pyridine rings is 1. The van der Waals surface area contributed by atoms with E-state index in [1.807, 2.05) is 0 Å². The largest absolute Gasteiger partial charge is 0.338 e. The van der Waals surface area contributed by atoms with Crippen molar-refractivity contribution in [3.63, 3.8) is 0 Å². The summed E-state index contributed by atoms with van der Waals surface area (Å²) in [6, 6.07) is 2.95. The first kappa shape index (κ1) is 16.6. The van der Waals surface area contributed by atoms with Crippen LogP contribution in [0.1, 0.15) is 10.4 Å². The molecule has 2 aromatic heterocycles. The minimum atomic E-state index is -0.186. The fourth-order valence-electron chi connectivity index (χ4n) is 2.42. The molecule has 1 saturated heterocycles. The highest BCUT2D eigenvalue weighted by Gasteiger charge is 2.25. The van der Waals surface area contributed by atoms with Gasteiger partial charge in [0.25, 0.3) is 5.91 Å². The number of rotatable bonds is 3. The van der Waals surface area contributed by atoms with Gasteiger partial charge in [0.05, 0.1) is 0 Å². The van der Waals surface area contributed by atoms with Gasteiger partial charge in [0.2, 0.25) is 5.91 Å². The van der Waals surface area contributed by atoms with E-state index in [0.29, 0.717) is 31.7 Å². The minimum absolute atomic E-state index is 0.0799. The van der Waals surface area contributed by atoms with Crippen LogP contribution in [0.5, 0.6) is 0 Å². The molecule has 1 aliphatic rings. The number of piperazine rings is 1. The van der Waals surface area contributed by atoms with Crippen molar-refractivity contribution in [3.05, 3.63) is 34.3 Å². The van der Waals surface area contributed by atoms with E-state index in [4.69, 9.17) is 23.2 Å². The van der Waals surface area contributed by atoms with Gasteiger partial charge in [-0.1, -0.05) is 23.2 Å². The van der Waals surface area contributed by atoms with Gasteiger partial charge >= 0.3 is 0 Å². The Labute approximate surface area is 147 Å². The highest BCUT2D eigenvalue weighted by atomic mass is 35.5. The number of hydrogen-bond donors (Lipinski definition) is 0. The summed E-state index contributed by atoms with van der Waals surface area (Å²) >= 11 is 11.7. The van der Waals surface area contributed by atoms with Crippen LogP contribution in [0, 0.1) is 0 Å². The standard InChI is InChI=1S/C13H13Cl2N7O2/c14-10-5-9(6-11(15)17-10)13(24)21-3-1-20(2-4-21)12(23)7-22-8-16-18-19-22/h5-6,8H,1-4,7H2. The summed E-state index contributed by atoms with van der Waals surface area (Å²) in [5.74, 6) is -0.279. The first-order valence-corrected chi connectivity index (χ1v) is 7.89. The van der Waals surface area contributed by atoms with E-state index in [2.05, 4.69) is 20.5 Å². The van der Waals surface area contributed by atoms with Crippen LogP contribution in [0.25, 0.3) is 0 Å². The smallest absolute Gasteiger partial charge is 0.254 e. The highest BCUT2D eigenvalue weighted by molar-refractivity contribution is 6.33. The third-order valence-electron chi connectivity index (χ3n) is 3.62. The number of hydrogen-bond acceptors (Lipinski definition) is 6. The Morgan fingerprint density at radius 2 is 1.67 bits per heavy atom. The molecule has 3 rings (SSSR count). The monoisotopic (exact) mass is 369 g/mol. The Kier molecular flexibility index (Phi) is 4.91. The number of carbonyl (C=O) groups excluding carboxylic acids is 2. The third-order valence-corrected chi connectivity index (χ3v) is 4.01. The van der Waals surface area contributed by atoms with Crippen molar-refractivity contribution in [1.82, 2.24) is 35.0 Å². The molecule has 0 atom stereocenters. The van der Waals surface area contributed by atoms with E-state index in [0.717, 1.165) is 0 Å². The lowest BCUT2D eigenvalue weighted by Crippen LogP contribution is -2.51. The maximum atomic E-state index is 12.5. The van der Waals surface area contributed by atoms with Crippen LogP contribution >= 0.6 is 23.2 Å². The van der Waals surface area contributed by atoms with E-state index < -0.39 is 0 Å². The number of nitrogens with zero attached hydrogens (tertiary/aromatic N) is 7. The lowest BCUT2D eigenvalue weighted by Gasteiger charge is -2.34. The van der Waals surface area contributed by atoms with Crippen molar-refractivity contribution in [3.8, 4) is 0 Å². The highest BCUT2D eigenvalue weighted by Crippen LogP contribution is 2.17. The molecule has 9 nitrogen and oxygen atoms in total. The van der Waals surface area contributed by atoms with Crippen LogP contribution < -0.4 is 0 Å². The predicted molar refractivity (Wildman–Crippen MR) is 84.6 cm³/mol. The molecular formula is C13H13Cl2N7O2. The van der Waals surface area contributed by atoms with Gasteiger partial charge in [0.15, 0.2) is 0 Å². The molecular weight excluding hydrogens is 357 g/mol. The van der Waals surface area contributed by atoms with Gasteiger partial charge in [0.1, 0.15) is 23.2 Å². The molecule has 1 fully saturated rings. The second-order valence-corrected chi connectivity index (χ2v) is 5.96. The Morgan fingerprint density at radius 3 is 2.25 bits per heavy atom. The zero-order valence-electron chi connectivity index (χ0n) is 12.5. The third kappa shape index (κ3) is 3.80. The van der Waals surface area contributed by atoms with E-state index in [9.17, 15) is 9.59 Å². The Balaban J connectivity index is 1.58. The van der Waals surface area contributed by atoms with Crippen molar-refractivity contribution in [1.29, 1.82) is 0 Å². The Bertz CT molecular complexity index is 725. The van der Waals surface area contributed by atoms with Crippen molar-refractivity contribution >= 4 is 35.0 Å². The lowest BCUT2D eigenvalue weighted by molar-refractivity contribution is -0.133. The zero-order valence-corrected chi connectivity index (χ0v) is 14.0. The number of amides is 2. The molecule has 24 heavy (non-hydrogen) atoms. The minimum Gasteiger partial charge on any atom is -0.338 e. The van der Waals surface area contributed by atoms with Crippen molar-refractivity contribution in [2.45, 2.75) is 6.54 Å². The van der Waals surface area contributed by atoms with Gasteiger partial charge in [0, 0.05) is 31.7 Å². The molecule has 0 unspecified atom stereocenters. The Hall–Kier alpha value is -2.26. The van der Waals surface area contributed by atoms with Gasteiger partial charge in [-0.3, -0.25) is 9.59 Å². The van der Waals surface area contributed by atoms with Gasteiger partial charge in [-0.2, -0.15) is 0 Å². The normalized spacial score (nSPS) is 14.8. The summed E-state index contributed by atoms with van der Waals surface area (Å²) in [6.07, 6.45) is 1.38. The molecule has 126 valence electrons. The first-order chi connectivity index (χ1) is 11.5. The van der Waals surface area contributed by atoms with Gasteiger partial charge < -0.3 is 9.80 Å². The molecule has 11 heteroatoms. The van der Waals surface area contributed by atoms with Crippen molar-refractivity contribution < 1.29 is 9.59 Å². The van der Waals surface area contributed by atoms with E-state index in [1.54, 1.807) is 9.80 Å². The molecule has 0 aliphatic carbocycles. The summed E-state index contributed by atoms with van der Waals surface area (Å²) in [6.45, 7) is 1.82. The van der Waals surface area contributed by atoms with E-state index in [1.165, 1.54) is 23.1 Å². The van der Waals surface area contributed by atoms with Crippen LogP contribution in [0.2, 0.25) is 10.3 Å². The number of carbonyl (C=O) groups is 2. The maximum absolute atomic E-state index is 12.5. The second kappa shape index (κ2) is 7.10. The van der Waals surface area contributed by atoms with Crippen LogP contribution in [0.4, 0.5) is 0 Å². The molecule has 0 bridgehead atoms. The predicted octanol–water partition coefficient (Wildman–Crippen LogP) is 0.360. The van der Waals surface area contributed by atoms with Crippen LogP contribution in [0.15, 0.2) is 18.5 Å².